The Hall–Kier alpha value is -3.71. The Labute approximate surface area is 286 Å². The Morgan fingerprint density at radius 1 is 1.18 bits per heavy atom. The molecule has 16 heteroatoms. The van der Waals surface area contributed by atoms with Crippen LogP contribution in [0, 0.1) is 23.0 Å². The number of hydrogen-bond donors (Lipinski definition) is 1. The average molecular weight is 720 g/mol. The van der Waals surface area contributed by atoms with Crippen molar-refractivity contribution in [3.8, 4) is 29.0 Å². The number of likely N-dealkylation sites (tertiary alicyclic amines) is 1. The summed E-state index contributed by atoms with van der Waals surface area (Å²) in [6.07, 6.45) is -0.988. The fraction of sp³-hybridized carbons (Fsp3) is 0.485. The van der Waals surface area contributed by atoms with Crippen LogP contribution in [0.4, 0.5) is 32.8 Å². The molecule has 9 nitrogen and oxygen atoms in total. The van der Waals surface area contributed by atoms with E-state index in [1.165, 1.54) is 6.07 Å². The van der Waals surface area contributed by atoms with Gasteiger partial charge >= 0.3 is 6.01 Å². The van der Waals surface area contributed by atoms with E-state index in [9.17, 15) is 22.8 Å². The SMILES string of the molecule is N#Cc1c(N)sc2c(F)ccc(-c3c(Cl)c4c5c(nc(OC[C@@]67CCCN6C[C@H](F)C7)nc5c3F)N(C3CCN(CC(F)F)C3)CCO4)c12. The third-order valence-corrected chi connectivity index (χ3v) is 11.7. The number of benzene rings is 2. The number of alkyl halides is 3. The number of anilines is 2. The summed E-state index contributed by atoms with van der Waals surface area (Å²) < 4.78 is 85.8. The minimum absolute atomic E-state index is 0.00638. The van der Waals surface area contributed by atoms with Gasteiger partial charge in [0.25, 0.3) is 6.43 Å². The van der Waals surface area contributed by atoms with Gasteiger partial charge in [-0.3, -0.25) is 9.80 Å². The molecule has 3 saturated heterocycles. The molecule has 0 saturated carbocycles. The Balaban J connectivity index is 1.31. The molecule has 6 heterocycles. The number of nitrogens with two attached hydrogens (primary N) is 1. The topological polar surface area (TPSA) is 104 Å². The van der Waals surface area contributed by atoms with Crippen LogP contribution in [0.5, 0.6) is 11.8 Å². The van der Waals surface area contributed by atoms with E-state index in [-0.39, 0.29) is 97.6 Å². The van der Waals surface area contributed by atoms with Gasteiger partial charge in [0.15, 0.2) is 11.6 Å². The molecule has 3 atom stereocenters. The Morgan fingerprint density at radius 2 is 2.02 bits per heavy atom. The summed E-state index contributed by atoms with van der Waals surface area (Å²) in [6.45, 7) is 1.94. The van der Waals surface area contributed by atoms with Crippen molar-refractivity contribution in [3.05, 3.63) is 34.4 Å². The van der Waals surface area contributed by atoms with Gasteiger partial charge in [0.2, 0.25) is 0 Å². The number of nitrogen functional groups attached to an aromatic ring is 1. The summed E-state index contributed by atoms with van der Waals surface area (Å²) in [7, 11) is 0. The van der Waals surface area contributed by atoms with E-state index in [1.807, 2.05) is 11.0 Å². The average Bonchev–Trinajstić information content (AvgIpc) is 3.80. The number of nitrogens with zero attached hydrogens (tertiary/aromatic N) is 6. The molecule has 2 N–H and O–H groups in total. The molecule has 1 unspecified atom stereocenters. The molecule has 0 spiro atoms. The number of aromatic nitrogens is 2. The van der Waals surface area contributed by atoms with Crippen molar-refractivity contribution >= 4 is 54.7 Å². The zero-order valence-electron chi connectivity index (χ0n) is 26.1. The number of rotatable bonds is 7. The molecule has 4 aliphatic rings. The van der Waals surface area contributed by atoms with Gasteiger partial charge < -0.3 is 20.1 Å². The van der Waals surface area contributed by atoms with Gasteiger partial charge in [-0.1, -0.05) is 17.7 Å². The highest BCUT2D eigenvalue weighted by atomic mass is 35.5. The number of thiophene rings is 1. The molecule has 0 bridgehead atoms. The zero-order chi connectivity index (χ0) is 34.2. The standard InChI is InChI=1S/C33H31ClF5N7O2S/c34-25-23(18-2-3-20(36)29-22(18)19(11-40)30(41)49-29)26(39)27-24-28(25)47-9-8-46(17-4-7-44(13-17)14-21(37)38)31(24)43-32(42-27)48-15-33-5-1-6-45(33)12-16(35)10-33/h2-3,16-17,21H,1,4-10,12-15,41H2/t16-,17?,33+/m1/s1. The van der Waals surface area contributed by atoms with E-state index in [2.05, 4.69) is 9.88 Å². The maximum absolute atomic E-state index is 17.2. The molecule has 4 aliphatic heterocycles. The predicted molar refractivity (Wildman–Crippen MR) is 177 cm³/mol. The van der Waals surface area contributed by atoms with Crippen molar-refractivity contribution in [1.29, 1.82) is 5.26 Å². The third kappa shape index (κ3) is 5.30. The van der Waals surface area contributed by atoms with Gasteiger partial charge in [0.1, 0.15) is 47.6 Å². The molecule has 258 valence electrons. The molecular weight excluding hydrogens is 689 g/mol. The van der Waals surface area contributed by atoms with Crippen molar-refractivity contribution in [2.75, 3.05) is 63.1 Å². The number of fused-ring (bicyclic) bond motifs is 2. The molecule has 8 rings (SSSR count). The second-order valence-electron chi connectivity index (χ2n) is 13.1. The van der Waals surface area contributed by atoms with Crippen molar-refractivity contribution in [3.63, 3.8) is 0 Å². The van der Waals surface area contributed by atoms with Gasteiger partial charge in [-0.15, -0.1) is 11.3 Å². The molecule has 49 heavy (non-hydrogen) atoms. The van der Waals surface area contributed by atoms with Gasteiger partial charge in [-0.2, -0.15) is 15.2 Å². The zero-order valence-corrected chi connectivity index (χ0v) is 27.7. The van der Waals surface area contributed by atoms with Crippen LogP contribution in [-0.4, -0.2) is 96.4 Å². The Kier molecular flexibility index (Phi) is 8.13. The highest BCUT2D eigenvalue weighted by Crippen LogP contribution is 2.51. The minimum atomic E-state index is -2.49. The van der Waals surface area contributed by atoms with Crippen LogP contribution < -0.4 is 20.1 Å². The maximum Gasteiger partial charge on any atom is 0.319 e. The molecule has 4 aromatic rings. The largest absolute Gasteiger partial charge is 0.489 e. The highest BCUT2D eigenvalue weighted by Gasteiger charge is 2.49. The summed E-state index contributed by atoms with van der Waals surface area (Å²) in [5, 5.41) is 10.2. The summed E-state index contributed by atoms with van der Waals surface area (Å²) in [6, 6.07) is 4.11. The van der Waals surface area contributed by atoms with Crippen molar-refractivity contribution in [2.24, 2.45) is 0 Å². The summed E-state index contributed by atoms with van der Waals surface area (Å²) >= 11 is 7.87. The van der Waals surface area contributed by atoms with Crippen molar-refractivity contribution in [1.82, 2.24) is 19.8 Å². The van der Waals surface area contributed by atoms with E-state index in [0.29, 0.717) is 32.5 Å². The quantitative estimate of drug-likeness (QED) is 0.218. The van der Waals surface area contributed by atoms with Crippen LogP contribution in [0.25, 0.3) is 32.1 Å². The van der Waals surface area contributed by atoms with Crippen LogP contribution >= 0.6 is 22.9 Å². The van der Waals surface area contributed by atoms with Crippen molar-refractivity contribution < 1.29 is 31.4 Å². The van der Waals surface area contributed by atoms with Gasteiger partial charge in [-0.25, -0.2) is 22.0 Å². The Morgan fingerprint density at radius 3 is 2.82 bits per heavy atom. The van der Waals surface area contributed by atoms with E-state index in [4.69, 9.17) is 31.8 Å². The second kappa shape index (κ2) is 12.3. The molecule has 0 aliphatic carbocycles. The lowest BCUT2D eigenvalue weighted by Gasteiger charge is -2.32. The first-order chi connectivity index (χ1) is 23.6. The third-order valence-electron chi connectivity index (χ3n) is 10.3. The lowest BCUT2D eigenvalue weighted by atomic mass is 9.95. The van der Waals surface area contributed by atoms with E-state index >= 15 is 4.39 Å². The predicted octanol–water partition coefficient (Wildman–Crippen LogP) is 6.39. The van der Waals surface area contributed by atoms with E-state index in [1.54, 1.807) is 4.90 Å². The molecule has 0 radical (unpaired) electrons. The molecule has 3 fully saturated rings. The fourth-order valence-corrected chi connectivity index (χ4v) is 9.45. The van der Waals surface area contributed by atoms with Gasteiger partial charge in [-0.05, 0) is 37.4 Å². The maximum atomic E-state index is 17.2. The monoisotopic (exact) mass is 719 g/mol. The highest BCUT2D eigenvalue weighted by molar-refractivity contribution is 7.23. The number of nitriles is 1. The molecule has 2 aromatic heterocycles. The lowest BCUT2D eigenvalue weighted by Crippen LogP contribution is -2.43. The second-order valence-corrected chi connectivity index (χ2v) is 14.6. The van der Waals surface area contributed by atoms with E-state index in [0.717, 1.165) is 36.8 Å². The van der Waals surface area contributed by atoms with Crippen LogP contribution in [0.2, 0.25) is 5.02 Å². The molecular formula is C33H31ClF5N7O2S. The van der Waals surface area contributed by atoms with Gasteiger partial charge in [0.05, 0.1) is 39.3 Å². The first kappa shape index (κ1) is 32.5. The van der Waals surface area contributed by atoms with Crippen molar-refractivity contribution in [2.45, 2.75) is 49.9 Å². The van der Waals surface area contributed by atoms with Crippen LogP contribution in [-0.2, 0) is 0 Å². The lowest BCUT2D eigenvalue weighted by molar-refractivity contribution is 0.0989. The van der Waals surface area contributed by atoms with Crippen LogP contribution in [0.15, 0.2) is 12.1 Å². The fourth-order valence-electron chi connectivity index (χ4n) is 8.17. The van der Waals surface area contributed by atoms with Crippen LogP contribution in [0.3, 0.4) is 0 Å². The first-order valence-electron chi connectivity index (χ1n) is 16.1. The van der Waals surface area contributed by atoms with Gasteiger partial charge in [0, 0.05) is 43.0 Å². The molecule has 2 aromatic carbocycles. The minimum Gasteiger partial charge on any atom is -0.489 e. The number of ether oxygens (including phenoxy) is 2. The summed E-state index contributed by atoms with van der Waals surface area (Å²) in [5.41, 5.74) is 5.33. The Bertz CT molecular complexity index is 2030. The summed E-state index contributed by atoms with van der Waals surface area (Å²) in [5.74, 6) is -1.13. The van der Waals surface area contributed by atoms with Crippen LogP contribution in [0.1, 0.15) is 31.2 Å². The van der Waals surface area contributed by atoms with E-state index < -0.39 is 29.8 Å². The number of halogens is 6. The normalized spacial score (nSPS) is 24.2. The first-order valence-corrected chi connectivity index (χ1v) is 17.3. The summed E-state index contributed by atoms with van der Waals surface area (Å²) in [4.78, 5) is 15.0. The smallest absolute Gasteiger partial charge is 0.319 e. The number of hydrogen-bond acceptors (Lipinski definition) is 10. The molecule has 0 amide bonds.